The number of alkyl halides is 3. The summed E-state index contributed by atoms with van der Waals surface area (Å²) in [6.45, 7) is 0.377. The van der Waals surface area contributed by atoms with Crippen molar-refractivity contribution < 1.29 is 39.6 Å². The van der Waals surface area contributed by atoms with Gasteiger partial charge in [0.25, 0.3) is 5.91 Å². The van der Waals surface area contributed by atoms with Crippen LogP contribution in [-0.4, -0.2) is 51.7 Å². The van der Waals surface area contributed by atoms with Crippen LogP contribution in [0.3, 0.4) is 0 Å². The second-order valence-corrected chi connectivity index (χ2v) is 8.94. The number of halogens is 6. The molecular weight excluding hydrogens is 450 g/mol. The van der Waals surface area contributed by atoms with Crippen LogP contribution >= 0.6 is 0 Å². The largest absolute Gasteiger partial charge is 0.416 e. The molecule has 12 heteroatoms. The van der Waals surface area contributed by atoms with Gasteiger partial charge in [0.05, 0.1) is 11.1 Å². The van der Waals surface area contributed by atoms with Crippen LogP contribution in [0.25, 0.3) is 0 Å². The first-order chi connectivity index (χ1) is 14.3. The molecule has 31 heavy (non-hydrogen) atoms. The fraction of sp³-hybridized carbons (Fsp3) is 0.316. The molecule has 1 fully saturated rings. The first-order valence-corrected chi connectivity index (χ1v) is 10.8. The van der Waals surface area contributed by atoms with Crippen molar-refractivity contribution in [3.05, 3.63) is 58.9 Å². The van der Waals surface area contributed by atoms with E-state index in [0.717, 1.165) is 17.0 Å². The standard InChI is InChI=1S/C19H16F6N2O3S/c1-31(29,30)14-10-13(15(20)17(22)16(14)21)18(28)27-8-6-26(7-9-27)12-4-2-11(3-5-12)19(23,24)25/h2-5,10H,6-9H2,1H3. The second kappa shape index (κ2) is 8.06. The van der Waals surface area contributed by atoms with Crippen molar-refractivity contribution in [2.24, 2.45) is 0 Å². The van der Waals surface area contributed by atoms with Crippen LogP contribution in [0.2, 0.25) is 0 Å². The number of piperazine rings is 1. The number of hydrogen-bond acceptors (Lipinski definition) is 4. The van der Waals surface area contributed by atoms with Crippen LogP contribution in [0, 0.1) is 17.5 Å². The van der Waals surface area contributed by atoms with Crippen molar-refractivity contribution >= 4 is 21.4 Å². The van der Waals surface area contributed by atoms with Gasteiger partial charge >= 0.3 is 6.18 Å². The van der Waals surface area contributed by atoms with E-state index in [1.165, 1.54) is 12.1 Å². The van der Waals surface area contributed by atoms with E-state index in [0.29, 0.717) is 18.0 Å². The van der Waals surface area contributed by atoms with Crippen molar-refractivity contribution in [3.8, 4) is 0 Å². The molecule has 0 aliphatic carbocycles. The molecule has 3 rings (SSSR count). The Morgan fingerprint density at radius 1 is 0.903 bits per heavy atom. The van der Waals surface area contributed by atoms with E-state index in [1.807, 2.05) is 0 Å². The Morgan fingerprint density at radius 2 is 1.45 bits per heavy atom. The summed E-state index contributed by atoms with van der Waals surface area (Å²) < 4.78 is 103. The zero-order chi connectivity index (χ0) is 23.1. The second-order valence-electron chi connectivity index (χ2n) is 6.96. The SMILES string of the molecule is CS(=O)(=O)c1cc(C(=O)N2CCN(c3ccc(C(F)(F)F)cc3)CC2)c(F)c(F)c1F. The van der Waals surface area contributed by atoms with E-state index in [1.54, 1.807) is 4.90 Å². The molecule has 0 radical (unpaired) electrons. The lowest BCUT2D eigenvalue weighted by molar-refractivity contribution is -0.137. The molecule has 1 amide bonds. The number of nitrogens with zero attached hydrogens (tertiary/aromatic N) is 2. The predicted molar refractivity (Wildman–Crippen MR) is 99.0 cm³/mol. The maximum absolute atomic E-state index is 14.2. The lowest BCUT2D eigenvalue weighted by Crippen LogP contribution is -2.49. The van der Waals surface area contributed by atoms with Crippen LogP contribution in [0.4, 0.5) is 32.0 Å². The molecule has 0 saturated carbocycles. The van der Waals surface area contributed by atoms with E-state index >= 15 is 0 Å². The molecule has 1 saturated heterocycles. The first-order valence-electron chi connectivity index (χ1n) is 8.89. The summed E-state index contributed by atoms with van der Waals surface area (Å²) in [7, 11) is -4.26. The van der Waals surface area contributed by atoms with Crippen molar-refractivity contribution in [3.63, 3.8) is 0 Å². The average molecular weight is 466 g/mol. The van der Waals surface area contributed by atoms with E-state index < -0.39 is 55.4 Å². The van der Waals surface area contributed by atoms with E-state index in [-0.39, 0.29) is 26.2 Å². The minimum atomic E-state index is -4.47. The van der Waals surface area contributed by atoms with Crippen LogP contribution in [0.15, 0.2) is 35.2 Å². The number of benzene rings is 2. The smallest absolute Gasteiger partial charge is 0.368 e. The van der Waals surface area contributed by atoms with Crippen molar-refractivity contribution in [2.45, 2.75) is 11.1 Å². The van der Waals surface area contributed by atoms with Crippen molar-refractivity contribution in [2.75, 3.05) is 37.3 Å². The molecule has 0 N–H and O–H groups in total. The number of amides is 1. The van der Waals surface area contributed by atoms with Gasteiger partial charge in [0.2, 0.25) is 0 Å². The Labute approximate surface area is 173 Å². The van der Waals surface area contributed by atoms with Gasteiger partial charge in [-0.1, -0.05) is 0 Å². The third kappa shape index (κ3) is 4.63. The number of rotatable bonds is 3. The van der Waals surface area contributed by atoms with Gasteiger partial charge < -0.3 is 9.80 Å². The highest BCUT2D eigenvalue weighted by atomic mass is 32.2. The maximum atomic E-state index is 14.2. The third-order valence-corrected chi connectivity index (χ3v) is 5.97. The molecule has 168 valence electrons. The molecule has 0 aromatic heterocycles. The number of hydrogen-bond donors (Lipinski definition) is 0. The molecule has 0 spiro atoms. The molecule has 1 aliphatic heterocycles. The Bertz CT molecular complexity index is 1110. The normalized spacial score (nSPS) is 15.3. The summed E-state index contributed by atoms with van der Waals surface area (Å²) in [4.78, 5) is 14.3. The minimum absolute atomic E-state index is 0.00645. The highest BCUT2D eigenvalue weighted by Gasteiger charge is 2.32. The molecule has 0 bridgehead atoms. The maximum Gasteiger partial charge on any atom is 0.416 e. The summed E-state index contributed by atoms with van der Waals surface area (Å²) in [6, 6.07) is 4.89. The van der Waals surface area contributed by atoms with E-state index in [9.17, 15) is 39.6 Å². The Kier molecular flexibility index (Phi) is 5.96. The number of sulfone groups is 1. The third-order valence-electron chi connectivity index (χ3n) is 4.87. The minimum Gasteiger partial charge on any atom is -0.368 e. The number of carbonyl (C=O) groups is 1. The topological polar surface area (TPSA) is 57.7 Å². The lowest BCUT2D eigenvalue weighted by Gasteiger charge is -2.36. The van der Waals surface area contributed by atoms with Crippen molar-refractivity contribution in [1.29, 1.82) is 0 Å². The molecule has 5 nitrogen and oxygen atoms in total. The molecule has 0 unspecified atom stereocenters. The van der Waals surface area contributed by atoms with Crippen molar-refractivity contribution in [1.82, 2.24) is 4.90 Å². The Balaban J connectivity index is 1.77. The molecule has 1 aliphatic rings. The van der Waals surface area contributed by atoms with Gasteiger partial charge in [-0.25, -0.2) is 21.6 Å². The quantitative estimate of drug-likeness (QED) is 0.395. The molecular formula is C19H16F6N2O3S. The van der Waals surface area contributed by atoms with Gasteiger partial charge in [0.15, 0.2) is 27.3 Å². The highest BCUT2D eigenvalue weighted by Crippen LogP contribution is 2.31. The predicted octanol–water partition coefficient (Wildman–Crippen LogP) is 3.49. The average Bonchev–Trinajstić information content (AvgIpc) is 2.70. The van der Waals surface area contributed by atoms with Gasteiger partial charge in [-0.2, -0.15) is 13.2 Å². The summed E-state index contributed by atoms with van der Waals surface area (Å²) in [5, 5.41) is 0. The lowest BCUT2D eigenvalue weighted by atomic mass is 10.1. The van der Waals surface area contributed by atoms with Gasteiger partial charge in [0, 0.05) is 38.1 Å². The number of anilines is 1. The van der Waals surface area contributed by atoms with Crippen LogP contribution in [-0.2, 0) is 16.0 Å². The fourth-order valence-corrected chi connectivity index (χ4v) is 3.95. The van der Waals surface area contributed by atoms with Crippen LogP contribution < -0.4 is 4.90 Å². The van der Waals surface area contributed by atoms with E-state index in [4.69, 9.17) is 0 Å². The summed E-state index contributed by atoms with van der Waals surface area (Å²) in [5.74, 6) is -6.77. The zero-order valence-electron chi connectivity index (χ0n) is 16.0. The summed E-state index contributed by atoms with van der Waals surface area (Å²) in [5.41, 5.74) is -1.23. The van der Waals surface area contributed by atoms with Gasteiger partial charge in [0.1, 0.15) is 4.90 Å². The van der Waals surface area contributed by atoms with Crippen LogP contribution in [0.1, 0.15) is 15.9 Å². The van der Waals surface area contributed by atoms with E-state index in [2.05, 4.69) is 0 Å². The molecule has 0 atom stereocenters. The molecule has 2 aromatic rings. The highest BCUT2D eigenvalue weighted by molar-refractivity contribution is 7.90. The zero-order valence-corrected chi connectivity index (χ0v) is 16.8. The summed E-state index contributed by atoms with van der Waals surface area (Å²) >= 11 is 0. The molecule has 2 aromatic carbocycles. The monoisotopic (exact) mass is 466 g/mol. The van der Waals surface area contributed by atoms with Gasteiger partial charge in [-0.15, -0.1) is 0 Å². The Morgan fingerprint density at radius 3 is 1.94 bits per heavy atom. The molecule has 1 heterocycles. The fourth-order valence-electron chi connectivity index (χ4n) is 3.21. The Hall–Kier alpha value is -2.76. The van der Waals surface area contributed by atoms with Gasteiger partial charge in [-0.05, 0) is 30.3 Å². The van der Waals surface area contributed by atoms with Crippen LogP contribution in [0.5, 0.6) is 0 Å². The van der Waals surface area contributed by atoms with Gasteiger partial charge in [-0.3, -0.25) is 4.79 Å². The number of carbonyl (C=O) groups excluding carboxylic acids is 1. The summed E-state index contributed by atoms with van der Waals surface area (Å²) in [6.07, 6.45) is -3.87. The first kappa shape index (κ1) is 22.9.